The number of hydrogen-bond acceptors (Lipinski definition) is 12. The van der Waals surface area contributed by atoms with Crippen molar-refractivity contribution in [2.45, 2.75) is 76.6 Å². The van der Waals surface area contributed by atoms with Crippen LogP contribution in [0.4, 0.5) is 0 Å². The van der Waals surface area contributed by atoms with Crippen LogP contribution in [0.2, 0.25) is 0 Å². The second-order valence-corrected chi connectivity index (χ2v) is 11.6. The van der Waals surface area contributed by atoms with Crippen molar-refractivity contribution in [3.8, 4) is 11.5 Å². The molecule has 0 aromatic heterocycles. The number of hydrogen-bond donors (Lipinski definition) is 5. The zero-order valence-corrected chi connectivity index (χ0v) is 23.8. The highest BCUT2D eigenvalue weighted by molar-refractivity contribution is 6.41. The Hall–Kier alpha value is -3.81. The van der Waals surface area contributed by atoms with Gasteiger partial charge in [-0.2, -0.15) is 0 Å². The molecule has 0 spiro atoms. The number of nitrogens with zero attached hydrogens (tertiary/aromatic N) is 1. The third-order valence-electron chi connectivity index (χ3n) is 8.75. The first-order valence-electron chi connectivity index (χ1n) is 14.2. The summed E-state index contributed by atoms with van der Waals surface area (Å²) in [6, 6.07) is 6.59. The molecule has 2 saturated heterocycles. The van der Waals surface area contributed by atoms with Gasteiger partial charge in [-0.25, -0.2) is 4.79 Å². The molecule has 0 amide bonds. The molecular formula is C31H33NO11. The fourth-order valence-electron chi connectivity index (χ4n) is 6.32. The number of aliphatic hydroxyl groups excluding tert-OH is 4. The number of allylic oxidation sites excluding steroid dienone is 2. The van der Waals surface area contributed by atoms with Crippen LogP contribution in [0.5, 0.6) is 11.5 Å². The standard InChI is InChI=1S/C31H33NO11/c1-4-12(2)9-16-30(40)43-29-15-8-13(3)10-17(34)20(15)22-23(32(16)29)26(37)21-14(24(22)35)6-5-7-18(21)41-31-28(39)27(38)25(36)19(11-33)42-31/h5-8,10,12,16,19,25,27-29,31,33-34,36,38-39H,4,9,11H2,1-3H3. The molecule has 1 aliphatic carbocycles. The molecule has 8 atom stereocenters. The van der Waals surface area contributed by atoms with Crippen LogP contribution in [-0.2, 0) is 14.3 Å². The number of phenolic OH excluding ortho intramolecular Hbond substituents is 1. The number of rotatable bonds is 6. The monoisotopic (exact) mass is 595 g/mol. The average molecular weight is 596 g/mol. The zero-order valence-electron chi connectivity index (χ0n) is 23.8. The van der Waals surface area contributed by atoms with Crippen LogP contribution in [0.25, 0.3) is 5.57 Å². The number of aryl methyl sites for hydroxylation is 1. The molecule has 2 fully saturated rings. The smallest absolute Gasteiger partial charge is 0.331 e. The molecule has 5 N–H and O–H groups in total. The van der Waals surface area contributed by atoms with Crippen molar-refractivity contribution >= 4 is 23.1 Å². The van der Waals surface area contributed by atoms with Crippen molar-refractivity contribution < 1.29 is 54.1 Å². The Morgan fingerprint density at radius 3 is 2.47 bits per heavy atom. The van der Waals surface area contributed by atoms with Crippen LogP contribution in [0, 0.1) is 12.8 Å². The Balaban J connectivity index is 1.50. The number of Topliss-reactive ketones (excluding diaryl/α,β-unsaturated/α-hetero) is 2. The maximum Gasteiger partial charge on any atom is 0.331 e. The lowest BCUT2D eigenvalue weighted by atomic mass is 9.78. The van der Waals surface area contributed by atoms with Crippen LogP contribution >= 0.6 is 0 Å². The largest absolute Gasteiger partial charge is 0.507 e. The number of esters is 1. The number of ketones is 2. The summed E-state index contributed by atoms with van der Waals surface area (Å²) in [6.07, 6.45) is -7.91. The topological polar surface area (TPSA) is 183 Å². The first kappa shape index (κ1) is 29.3. The number of carbonyl (C=O) groups excluding carboxylic acids is 3. The van der Waals surface area contributed by atoms with E-state index in [4.69, 9.17) is 14.2 Å². The van der Waals surface area contributed by atoms with E-state index in [9.17, 15) is 39.9 Å². The van der Waals surface area contributed by atoms with Gasteiger partial charge in [-0.05, 0) is 43.0 Å². The van der Waals surface area contributed by atoms with Gasteiger partial charge in [0.2, 0.25) is 18.3 Å². The summed E-state index contributed by atoms with van der Waals surface area (Å²) in [6.45, 7) is 5.02. The van der Waals surface area contributed by atoms with Crippen molar-refractivity contribution in [1.29, 1.82) is 0 Å². The third-order valence-corrected chi connectivity index (χ3v) is 8.75. The molecule has 12 heteroatoms. The van der Waals surface area contributed by atoms with E-state index >= 15 is 0 Å². The highest BCUT2D eigenvalue weighted by Gasteiger charge is 2.54. The zero-order chi connectivity index (χ0) is 30.9. The molecule has 228 valence electrons. The maximum absolute atomic E-state index is 14.5. The number of fused-ring (bicyclic) bond motifs is 6. The van der Waals surface area contributed by atoms with E-state index in [1.54, 1.807) is 13.0 Å². The van der Waals surface area contributed by atoms with E-state index in [-0.39, 0.29) is 45.4 Å². The van der Waals surface area contributed by atoms with Gasteiger partial charge in [0.1, 0.15) is 47.7 Å². The van der Waals surface area contributed by atoms with E-state index in [1.165, 1.54) is 29.2 Å². The molecule has 43 heavy (non-hydrogen) atoms. The number of carbonyl (C=O) groups is 3. The van der Waals surface area contributed by atoms with Crippen molar-refractivity contribution in [3.05, 3.63) is 63.8 Å². The van der Waals surface area contributed by atoms with Gasteiger partial charge in [-0.1, -0.05) is 32.4 Å². The summed E-state index contributed by atoms with van der Waals surface area (Å²) in [5, 5.41) is 51.6. The minimum atomic E-state index is -1.76. The summed E-state index contributed by atoms with van der Waals surface area (Å²) in [5.41, 5.74) is 0.806. The number of aliphatic hydroxyl groups is 4. The highest BCUT2D eigenvalue weighted by Crippen LogP contribution is 2.52. The minimum absolute atomic E-state index is 0.0415. The third kappa shape index (κ3) is 4.44. The summed E-state index contributed by atoms with van der Waals surface area (Å²) < 4.78 is 17.1. The molecule has 2 aromatic rings. The molecule has 0 bridgehead atoms. The molecule has 6 rings (SSSR count). The Labute approximate surface area is 246 Å². The quantitative estimate of drug-likeness (QED) is 0.303. The highest BCUT2D eigenvalue weighted by atomic mass is 16.7. The SMILES string of the molecule is CCC(C)CC1C(=O)OC2c3cc(C)cc(O)c3C3=C(C(=O)c4c(OC5OC(CO)C(O)C(O)C5O)cccc4C3=O)N12. The summed E-state index contributed by atoms with van der Waals surface area (Å²) in [7, 11) is 0. The van der Waals surface area contributed by atoms with Crippen LogP contribution in [0.1, 0.15) is 70.3 Å². The van der Waals surface area contributed by atoms with E-state index in [2.05, 4.69) is 0 Å². The van der Waals surface area contributed by atoms with Crippen molar-refractivity contribution in [1.82, 2.24) is 4.90 Å². The number of aromatic hydroxyl groups is 1. The fourth-order valence-corrected chi connectivity index (χ4v) is 6.32. The van der Waals surface area contributed by atoms with Crippen molar-refractivity contribution in [2.24, 2.45) is 5.92 Å². The van der Waals surface area contributed by atoms with Gasteiger partial charge >= 0.3 is 5.97 Å². The number of ether oxygens (including phenoxy) is 3. The number of phenols is 1. The van der Waals surface area contributed by atoms with Crippen molar-refractivity contribution in [2.75, 3.05) is 6.61 Å². The summed E-state index contributed by atoms with van der Waals surface area (Å²) in [4.78, 5) is 43.6. The van der Waals surface area contributed by atoms with Gasteiger partial charge in [0, 0.05) is 16.7 Å². The molecule has 4 aliphatic rings. The van der Waals surface area contributed by atoms with Crippen LogP contribution < -0.4 is 4.74 Å². The fraction of sp³-hybridized carbons (Fsp3) is 0.452. The predicted molar refractivity (Wildman–Crippen MR) is 148 cm³/mol. The van der Waals surface area contributed by atoms with Gasteiger partial charge in [0.15, 0.2) is 5.78 Å². The molecule has 0 radical (unpaired) electrons. The van der Waals surface area contributed by atoms with E-state index in [0.29, 0.717) is 17.5 Å². The normalized spacial score (nSPS) is 30.3. The molecule has 3 heterocycles. The van der Waals surface area contributed by atoms with Gasteiger partial charge in [0.25, 0.3) is 0 Å². The van der Waals surface area contributed by atoms with Crippen molar-refractivity contribution in [3.63, 3.8) is 0 Å². The summed E-state index contributed by atoms with van der Waals surface area (Å²) >= 11 is 0. The maximum atomic E-state index is 14.5. The molecule has 2 aromatic carbocycles. The lowest BCUT2D eigenvalue weighted by Crippen LogP contribution is -2.60. The minimum Gasteiger partial charge on any atom is -0.507 e. The Bertz CT molecular complexity index is 1550. The van der Waals surface area contributed by atoms with Gasteiger partial charge < -0.3 is 44.6 Å². The average Bonchev–Trinajstić information content (AvgIpc) is 3.30. The first-order valence-corrected chi connectivity index (χ1v) is 14.2. The van der Waals surface area contributed by atoms with Gasteiger partial charge in [0.05, 0.1) is 17.7 Å². The number of benzene rings is 2. The molecule has 0 saturated carbocycles. The Morgan fingerprint density at radius 1 is 1.02 bits per heavy atom. The lowest BCUT2D eigenvalue weighted by Gasteiger charge is -2.41. The second-order valence-electron chi connectivity index (χ2n) is 11.6. The lowest BCUT2D eigenvalue weighted by molar-refractivity contribution is -0.277. The van der Waals surface area contributed by atoms with E-state index < -0.39 is 67.1 Å². The molecule has 12 nitrogen and oxygen atoms in total. The van der Waals surface area contributed by atoms with Gasteiger partial charge in [-0.3, -0.25) is 9.59 Å². The molecular weight excluding hydrogens is 562 g/mol. The van der Waals surface area contributed by atoms with E-state index in [0.717, 1.165) is 6.42 Å². The predicted octanol–water partition coefficient (Wildman–Crippen LogP) is 1.35. The Kier molecular flexibility index (Phi) is 7.30. The second kappa shape index (κ2) is 10.7. The first-order chi connectivity index (χ1) is 20.5. The van der Waals surface area contributed by atoms with Crippen LogP contribution in [0.15, 0.2) is 36.0 Å². The Morgan fingerprint density at radius 2 is 1.77 bits per heavy atom. The summed E-state index contributed by atoms with van der Waals surface area (Å²) in [5.74, 6) is -2.13. The molecule has 3 aliphatic heterocycles. The van der Waals surface area contributed by atoms with Crippen LogP contribution in [-0.4, -0.2) is 91.3 Å². The van der Waals surface area contributed by atoms with E-state index in [1.807, 2.05) is 13.8 Å². The van der Waals surface area contributed by atoms with Gasteiger partial charge in [-0.15, -0.1) is 0 Å². The van der Waals surface area contributed by atoms with Crippen LogP contribution in [0.3, 0.4) is 0 Å². The molecule has 8 unspecified atom stereocenters.